The van der Waals surface area contributed by atoms with Gasteiger partial charge in [-0.05, 0) is 25.7 Å². The largest absolute Gasteiger partial charge is 0.463 e. The van der Waals surface area contributed by atoms with Crippen molar-refractivity contribution in [2.24, 2.45) is 5.92 Å². The molecule has 1 aliphatic rings. The van der Waals surface area contributed by atoms with Gasteiger partial charge in [-0.15, -0.1) is 0 Å². The second-order valence-corrected chi connectivity index (χ2v) is 4.33. The molecule has 106 valence electrons. The number of esters is 3. The monoisotopic (exact) mass is 270 g/mol. The summed E-state index contributed by atoms with van der Waals surface area (Å²) in [6, 6.07) is 0. The van der Waals surface area contributed by atoms with Crippen LogP contribution in [0.4, 0.5) is 0 Å². The zero-order valence-corrected chi connectivity index (χ0v) is 10.9. The molecule has 0 aromatic rings. The molecule has 0 aromatic carbocycles. The topological polar surface area (TPSA) is 78.9 Å². The standard InChI is InChI=1S/C13H18O6/c1-3-12(15)17-8-18-13(16)10-4-6-11(7-5-10)19-9(2)14/h3,10-11H,1,4-8H2,2H3. The van der Waals surface area contributed by atoms with Crippen LogP contribution in [0, 0.1) is 5.92 Å². The summed E-state index contributed by atoms with van der Waals surface area (Å²) in [5.41, 5.74) is 0. The minimum Gasteiger partial charge on any atom is -0.463 e. The van der Waals surface area contributed by atoms with Gasteiger partial charge in [-0.25, -0.2) is 4.79 Å². The van der Waals surface area contributed by atoms with E-state index in [0.29, 0.717) is 25.7 Å². The highest BCUT2D eigenvalue weighted by molar-refractivity contribution is 5.81. The Labute approximate surface area is 111 Å². The summed E-state index contributed by atoms with van der Waals surface area (Å²) in [7, 11) is 0. The highest BCUT2D eigenvalue weighted by Gasteiger charge is 2.28. The van der Waals surface area contributed by atoms with Crippen LogP contribution in [-0.2, 0) is 28.6 Å². The van der Waals surface area contributed by atoms with E-state index in [9.17, 15) is 14.4 Å². The minimum atomic E-state index is -0.633. The lowest BCUT2D eigenvalue weighted by atomic mass is 9.87. The fourth-order valence-corrected chi connectivity index (χ4v) is 1.97. The van der Waals surface area contributed by atoms with Gasteiger partial charge in [0.05, 0.1) is 5.92 Å². The van der Waals surface area contributed by atoms with Crippen LogP contribution < -0.4 is 0 Å². The van der Waals surface area contributed by atoms with Crippen LogP contribution in [0.2, 0.25) is 0 Å². The quantitative estimate of drug-likeness (QED) is 0.426. The van der Waals surface area contributed by atoms with Gasteiger partial charge < -0.3 is 14.2 Å². The summed E-state index contributed by atoms with van der Waals surface area (Å²) in [5.74, 6) is -1.55. The Morgan fingerprint density at radius 1 is 1.16 bits per heavy atom. The summed E-state index contributed by atoms with van der Waals surface area (Å²) < 4.78 is 14.5. The number of hydrogen-bond donors (Lipinski definition) is 0. The molecule has 1 saturated carbocycles. The maximum absolute atomic E-state index is 11.6. The fourth-order valence-electron chi connectivity index (χ4n) is 1.97. The Kier molecular flexibility index (Phi) is 6.05. The number of carbonyl (C=O) groups excluding carboxylic acids is 3. The third-order valence-corrected chi connectivity index (χ3v) is 2.91. The van der Waals surface area contributed by atoms with E-state index in [0.717, 1.165) is 6.08 Å². The fraction of sp³-hybridized carbons (Fsp3) is 0.615. The molecule has 6 heteroatoms. The second kappa shape index (κ2) is 7.56. The molecule has 1 rings (SSSR count). The van der Waals surface area contributed by atoms with Crippen molar-refractivity contribution in [3.63, 3.8) is 0 Å². The van der Waals surface area contributed by atoms with Gasteiger partial charge in [-0.2, -0.15) is 0 Å². The van der Waals surface area contributed by atoms with E-state index >= 15 is 0 Å². The molecule has 0 bridgehead atoms. The average Bonchev–Trinajstić information content (AvgIpc) is 2.38. The molecule has 0 aliphatic heterocycles. The van der Waals surface area contributed by atoms with Crippen molar-refractivity contribution in [3.8, 4) is 0 Å². The van der Waals surface area contributed by atoms with E-state index in [1.165, 1.54) is 6.92 Å². The molecule has 0 radical (unpaired) electrons. The van der Waals surface area contributed by atoms with Crippen molar-refractivity contribution in [1.82, 2.24) is 0 Å². The van der Waals surface area contributed by atoms with Gasteiger partial charge in [-0.1, -0.05) is 6.58 Å². The van der Waals surface area contributed by atoms with Crippen molar-refractivity contribution in [2.45, 2.75) is 38.7 Å². The van der Waals surface area contributed by atoms with Gasteiger partial charge in [0.25, 0.3) is 0 Å². The lowest BCUT2D eigenvalue weighted by Gasteiger charge is -2.26. The molecule has 0 aromatic heterocycles. The van der Waals surface area contributed by atoms with Gasteiger partial charge in [0.1, 0.15) is 6.10 Å². The van der Waals surface area contributed by atoms with Gasteiger partial charge in [0.2, 0.25) is 6.79 Å². The van der Waals surface area contributed by atoms with E-state index in [1.807, 2.05) is 0 Å². The summed E-state index contributed by atoms with van der Waals surface area (Å²) in [6.45, 7) is 4.20. The Balaban J connectivity index is 2.23. The molecule has 0 amide bonds. The highest BCUT2D eigenvalue weighted by atomic mass is 16.7. The van der Waals surface area contributed by atoms with Crippen LogP contribution >= 0.6 is 0 Å². The molecule has 6 nitrogen and oxygen atoms in total. The van der Waals surface area contributed by atoms with Crippen molar-refractivity contribution in [2.75, 3.05) is 6.79 Å². The highest BCUT2D eigenvalue weighted by Crippen LogP contribution is 2.27. The molecular formula is C13H18O6. The first kappa shape index (κ1) is 15.2. The Morgan fingerprint density at radius 3 is 2.32 bits per heavy atom. The van der Waals surface area contributed by atoms with Gasteiger partial charge >= 0.3 is 17.9 Å². The zero-order valence-electron chi connectivity index (χ0n) is 10.9. The molecule has 1 aliphatic carbocycles. The lowest BCUT2D eigenvalue weighted by molar-refractivity contribution is -0.168. The van der Waals surface area contributed by atoms with Crippen LogP contribution in [0.15, 0.2) is 12.7 Å². The molecule has 0 N–H and O–H groups in total. The predicted molar refractivity (Wildman–Crippen MR) is 64.8 cm³/mol. The van der Waals surface area contributed by atoms with Gasteiger partial charge in [0.15, 0.2) is 0 Å². The van der Waals surface area contributed by atoms with Crippen LogP contribution in [0.5, 0.6) is 0 Å². The zero-order chi connectivity index (χ0) is 14.3. The molecular weight excluding hydrogens is 252 g/mol. The first-order chi connectivity index (χ1) is 9.02. The maximum atomic E-state index is 11.6. The molecule has 0 heterocycles. The number of ether oxygens (including phenoxy) is 3. The molecule has 0 saturated heterocycles. The first-order valence-electron chi connectivity index (χ1n) is 6.16. The smallest absolute Gasteiger partial charge is 0.333 e. The molecule has 19 heavy (non-hydrogen) atoms. The van der Waals surface area contributed by atoms with E-state index in [-0.39, 0.29) is 18.0 Å². The summed E-state index contributed by atoms with van der Waals surface area (Å²) in [5, 5.41) is 0. The van der Waals surface area contributed by atoms with Crippen molar-refractivity contribution in [1.29, 1.82) is 0 Å². The van der Waals surface area contributed by atoms with Gasteiger partial charge in [0, 0.05) is 13.0 Å². The molecule has 1 fully saturated rings. The number of carbonyl (C=O) groups is 3. The van der Waals surface area contributed by atoms with Crippen LogP contribution in [-0.4, -0.2) is 30.8 Å². The Bertz CT molecular complexity index is 354. The van der Waals surface area contributed by atoms with Crippen molar-refractivity contribution in [3.05, 3.63) is 12.7 Å². The number of rotatable bonds is 5. The summed E-state index contributed by atoms with van der Waals surface area (Å²) in [6.07, 6.45) is 3.38. The number of hydrogen-bond acceptors (Lipinski definition) is 6. The van der Waals surface area contributed by atoms with Gasteiger partial charge in [-0.3, -0.25) is 9.59 Å². The van der Waals surface area contributed by atoms with Crippen LogP contribution in [0.3, 0.4) is 0 Å². The lowest BCUT2D eigenvalue weighted by Crippen LogP contribution is -2.29. The second-order valence-electron chi connectivity index (χ2n) is 4.33. The third-order valence-electron chi connectivity index (χ3n) is 2.91. The van der Waals surface area contributed by atoms with Crippen LogP contribution in [0.25, 0.3) is 0 Å². The van der Waals surface area contributed by atoms with Crippen LogP contribution in [0.1, 0.15) is 32.6 Å². The SMILES string of the molecule is C=CC(=O)OCOC(=O)C1CCC(OC(C)=O)CC1. The molecule has 0 spiro atoms. The van der Waals surface area contributed by atoms with E-state index in [1.54, 1.807) is 0 Å². The van der Waals surface area contributed by atoms with E-state index in [2.05, 4.69) is 11.3 Å². The Hall–Kier alpha value is -1.85. The van der Waals surface area contributed by atoms with E-state index in [4.69, 9.17) is 9.47 Å². The van der Waals surface area contributed by atoms with Crippen molar-refractivity contribution < 1.29 is 28.6 Å². The summed E-state index contributed by atoms with van der Waals surface area (Å²) in [4.78, 5) is 33.2. The first-order valence-corrected chi connectivity index (χ1v) is 6.16. The summed E-state index contributed by atoms with van der Waals surface area (Å²) >= 11 is 0. The maximum Gasteiger partial charge on any atom is 0.333 e. The molecule has 0 atom stereocenters. The minimum absolute atomic E-state index is 0.111. The average molecular weight is 270 g/mol. The normalized spacial score (nSPS) is 22.2. The van der Waals surface area contributed by atoms with Crippen molar-refractivity contribution >= 4 is 17.9 Å². The third kappa shape index (κ3) is 5.54. The predicted octanol–water partition coefficient (Wildman–Crippen LogP) is 1.34. The van der Waals surface area contributed by atoms with E-state index < -0.39 is 18.7 Å². The Morgan fingerprint density at radius 2 is 1.79 bits per heavy atom. The molecule has 0 unspecified atom stereocenters.